The van der Waals surface area contributed by atoms with Crippen LogP contribution in [0.3, 0.4) is 0 Å². The van der Waals surface area contributed by atoms with E-state index < -0.39 is 16.1 Å². The molecule has 160 valence electrons. The van der Waals surface area contributed by atoms with Crippen molar-refractivity contribution in [2.45, 2.75) is 17.7 Å². The summed E-state index contributed by atoms with van der Waals surface area (Å²) in [5.74, 6) is 0. The van der Waals surface area contributed by atoms with Gasteiger partial charge in [-0.2, -0.15) is 0 Å². The van der Waals surface area contributed by atoms with E-state index in [9.17, 15) is 13.2 Å². The van der Waals surface area contributed by atoms with Crippen molar-refractivity contribution in [1.29, 1.82) is 0 Å². The van der Waals surface area contributed by atoms with Gasteiger partial charge in [-0.3, -0.25) is 4.31 Å². The fourth-order valence-electron chi connectivity index (χ4n) is 3.46. The lowest BCUT2D eigenvalue weighted by atomic mass is 10.0. The lowest BCUT2D eigenvalue weighted by Crippen LogP contribution is -2.35. The van der Waals surface area contributed by atoms with Crippen LogP contribution in [0.2, 0.25) is 10.0 Å². The Kier molecular flexibility index (Phi) is 6.09. The Hall–Kier alpha value is -2.74. The second-order valence-electron chi connectivity index (χ2n) is 7.05. The van der Waals surface area contributed by atoms with Crippen LogP contribution in [0.15, 0.2) is 71.6 Å². The Morgan fingerprint density at radius 1 is 0.871 bits per heavy atom. The Morgan fingerprint density at radius 3 is 2.26 bits per heavy atom. The average Bonchev–Trinajstić information content (AvgIpc) is 2.76. The van der Waals surface area contributed by atoms with Crippen LogP contribution in [0, 0.1) is 0 Å². The van der Waals surface area contributed by atoms with Crippen LogP contribution in [-0.4, -0.2) is 21.0 Å². The van der Waals surface area contributed by atoms with E-state index in [1.54, 1.807) is 60.7 Å². The SMILES string of the molecule is O=C(Nc1ccc(Cl)c(Cl)c1)Nc1ccc2c(c1)N(S(=O)(=O)c1ccccc1)CCC2. The second kappa shape index (κ2) is 8.78. The van der Waals surface area contributed by atoms with Crippen molar-refractivity contribution >= 4 is 56.3 Å². The third-order valence-electron chi connectivity index (χ3n) is 4.93. The summed E-state index contributed by atoms with van der Waals surface area (Å²) in [5.41, 5.74) is 2.45. The highest BCUT2D eigenvalue weighted by molar-refractivity contribution is 7.92. The molecule has 0 bridgehead atoms. The number of halogens is 2. The van der Waals surface area contributed by atoms with Crippen LogP contribution in [0.5, 0.6) is 0 Å². The van der Waals surface area contributed by atoms with Crippen LogP contribution in [0.25, 0.3) is 0 Å². The van der Waals surface area contributed by atoms with Crippen molar-refractivity contribution in [3.05, 3.63) is 82.3 Å². The van der Waals surface area contributed by atoms with Crippen molar-refractivity contribution < 1.29 is 13.2 Å². The summed E-state index contributed by atoms with van der Waals surface area (Å²) in [7, 11) is -3.70. The molecule has 2 N–H and O–H groups in total. The zero-order valence-electron chi connectivity index (χ0n) is 16.3. The normalized spacial score (nSPS) is 13.4. The van der Waals surface area contributed by atoms with E-state index in [4.69, 9.17) is 23.2 Å². The molecule has 9 heteroatoms. The molecule has 0 spiro atoms. The smallest absolute Gasteiger partial charge is 0.308 e. The van der Waals surface area contributed by atoms with Gasteiger partial charge >= 0.3 is 6.03 Å². The van der Waals surface area contributed by atoms with Gasteiger partial charge in [0.05, 0.1) is 20.6 Å². The maximum absolute atomic E-state index is 13.2. The number of carbonyl (C=O) groups is 1. The summed E-state index contributed by atoms with van der Waals surface area (Å²) in [4.78, 5) is 12.7. The van der Waals surface area contributed by atoms with Crippen LogP contribution in [0.4, 0.5) is 21.9 Å². The largest absolute Gasteiger partial charge is 0.323 e. The molecule has 0 radical (unpaired) electrons. The Balaban J connectivity index is 1.57. The summed E-state index contributed by atoms with van der Waals surface area (Å²) in [6, 6.07) is 17.9. The summed E-state index contributed by atoms with van der Waals surface area (Å²) < 4.78 is 27.8. The number of nitrogens with zero attached hydrogens (tertiary/aromatic N) is 1. The molecule has 0 aliphatic carbocycles. The molecule has 1 aliphatic heterocycles. The van der Waals surface area contributed by atoms with Crippen molar-refractivity contribution in [3.63, 3.8) is 0 Å². The number of anilines is 3. The number of amides is 2. The molecule has 0 saturated heterocycles. The fourth-order valence-corrected chi connectivity index (χ4v) is 5.31. The minimum absolute atomic E-state index is 0.235. The predicted molar refractivity (Wildman–Crippen MR) is 125 cm³/mol. The molecule has 0 saturated carbocycles. The molecular weight excluding hydrogens is 457 g/mol. The first kappa shape index (κ1) is 21.5. The Bertz CT molecular complexity index is 1230. The zero-order chi connectivity index (χ0) is 22.0. The minimum Gasteiger partial charge on any atom is -0.308 e. The second-order valence-corrected chi connectivity index (χ2v) is 9.72. The first-order valence-corrected chi connectivity index (χ1v) is 11.8. The average molecular weight is 476 g/mol. The molecule has 0 unspecified atom stereocenters. The van der Waals surface area contributed by atoms with Crippen LogP contribution < -0.4 is 14.9 Å². The van der Waals surface area contributed by atoms with E-state index in [-0.39, 0.29) is 4.90 Å². The number of benzene rings is 3. The Labute approximate surface area is 190 Å². The third-order valence-corrected chi connectivity index (χ3v) is 7.49. The molecule has 31 heavy (non-hydrogen) atoms. The Morgan fingerprint density at radius 2 is 1.55 bits per heavy atom. The van der Waals surface area contributed by atoms with Gasteiger partial charge in [-0.25, -0.2) is 13.2 Å². The first-order chi connectivity index (χ1) is 14.8. The van der Waals surface area contributed by atoms with Gasteiger partial charge in [-0.1, -0.05) is 47.5 Å². The van der Waals surface area contributed by atoms with Crippen LogP contribution in [0.1, 0.15) is 12.0 Å². The van der Waals surface area contributed by atoms with Gasteiger partial charge in [0.2, 0.25) is 0 Å². The number of hydrogen-bond donors (Lipinski definition) is 2. The molecule has 4 rings (SSSR count). The number of aryl methyl sites for hydroxylation is 1. The lowest BCUT2D eigenvalue weighted by molar-refractivity contribution is 0.262. The van der Waals surface area contributed by atoms with E-state index in [0.717, 1.165) is 18.4 Å². The molecular formula is C22H19Cl2N3O3S. The van der Waals surface area contributed by atoms with E-state index in [2.05, 4.69) is 10.6 Å². The molecule has 2 amide bonds. The monoisotopic (exact) mass is 475 g/mol. The maximum Gasteiger partial charge on any atom is 0.323 e. The number of carbonyl (C=O) groups excluding carboxylic acids is 1. The molecule has 3 aromatic rings. The lowest BCUT2D eigenvalue weighted by Gasteiger charge is -2.31. The summed E-state index contributed by atoms with van der Waals surface area (Å²) in [5, 5.41) is 6.14. The van der Waals surface area contributed by atoms with Crippen molar-refractivity contribution in [2.75, 3.05) is 21.5 Å². The molecule has 3 aromatic carbocycles. The van der Waals surface area contributed by atoms with Gasteiger partial charge in [0.1, 0.15) is 0 Å². The van der Waals surface area contributed by atoms with E-state index in [0.29, 0.717) is 33.7 Å². The third kappa shape index (κ3) is 4.63. The van der Waals surface area contributed by atoms with Gasteiger partial charge in [0, 0.05) is 17.9 Å². The fraction of sp³-hybridized carbons (Fsp3) is 0.136. The van der Waals surface area contributed by atoms with E-state index >= 15 is 0 Å². The highest BCUT2D eigenvalue weighted by atomic mass is 35.5. The number of sulfonamides is 1. The highest BCUT2D eigenvalue weighted by Gasteiger charge is 2.29. The van der Waals surface area contributed by atoms with Gasteiger partial charge in [0.25, 0.3) is 10.0 Å². The molecule has 1 aliphatic rings. The molecule has 1 heterocycles. The number of hydrogen-bond acceptors (Lipinski definition) is 3. The molecule has 6 nitrogen and oxygen atoms in total. The summed E-state index contributed by atoms with van der Waals surface area (Å²) >= 11 is 11.9. The number of nitrogens with one attached hydrogen (secondary N) is 2. The zero-order valence-corrected chi connectivity index (χ0v) is 18.6. The van der Waals surface area contributed by atoms with Gasteiger partial charge in [-0.15, -0.1) is 0 Å². The topological polar surface area (TPSA) is 78.5 Å². The number of rotatable bonds is 4. The highest BCUT2D eigenvalue weighted by Crippen LogP contribution is 2.34. The van der Waals surface area contributed by atoms with E-state index in [1.807, 2.05) is 6.07 Å². The minimum atomic E-state index is -3.70. The predicted octanol–water partition coefficient (Wildman–Crippen LogP) is 5.78. The summed E-state index contributed by atoms with van der Waals surface area (Å²) in [6.07, 6.45) is 1.50. The van der Waals surface area contributed by atoms with Crippen molar-refractivity contribution in [1.82, 2.24) is 0 Å². The number of urea groups is 1. The van der Waals surface area contributed by atoms with Gasteiger partial charge in [0.15, 0.2) is 0 Å². The van der Waals surface area contributed by atoms with Crippen molar-refractivity contribution in [3.8, 4) is 0 Å². The maximum atomic E-state index is 13.2. The molecule has 0 atom stereocenters. The quantitative estimate of drug-likeness (QED) is 0.501. The molecule has 0 fully saturated rings. The standard InChI is InChI=1S/C22H19Cl2N3O3S/c23-19-11-10-16(13-20(19)24)25-22(28)26-17-9-8-15-5-4-12-27(21(15)14-17)31(29,30)18-6-2-1-3-7-18/h1-3,6-11,13-14H,4-5,12H2,(H2,25,26,28). The van der Waals surface area contributed by atoms with Crippen molar-refractivity contribution in [2.24, 2.45) is 0 Å². The van der Waals surface area contributed by atoms with Gasteiger partial charge < -0.3 is 10.6 Å². The first-order valence-electron chi connectivity index (χ1n) is 9.58. The number of fused-ring (bicyclic) bond motifs is 1. The van der Waals surface area contributed by atoms with Crippen LogP contribution in [-0.2, 0) is 16.4 Å². The molecule has 0 aromatic heterocycles. The van der Waals surface area contributed by atoms with E-state index in [1.165, 1.54) is 4.31 Å². The van der Waals surface area contributed by atoms with Crippen LogP contribution >= 0.6 is 23.2 Å². The van der Waals surface area contributed by atoms with Gasteiger partial charge in [-0.05, 0) is 60.9 Å². The summed E-state index contributed by atoms with van der Waals surface area (Å²) in [6.45, 7) is 0.378.